The molecule has 0 bridgehead atoms. The molecule has 1 rings (SSSR count). The smallest absolute Gasteiger partial charge is 0.271 e. The number of nitrogens with one attached hydrogen (secondary N) is 1. The van der Waals surface area contributed by atoms with E-state index in [0.29, 0.717) is 5.56 Å². The van der Waals surface area contributed by atoms with Crippen molar-refractivity contribution in [1.82, 2.24) is 5.43 Å². The van der Waals surface area contributed by atoms with Crippen LogP contribution >= 0.6 is 0 Å². The number of halogens is 3. The van der Waals surface area contributed by atoms with Crippen molar-refractivity contribution in [3.63, 3.8) is 0 Å². The van der Waals surface area contributed by atoms with Crippen LogP contribution in [0.3, 0.4) is 0 Å². The molecule has 15 heavy (non-hydrogen) atoms. The Bertz CT molecular complexity index is 347. The summed E-state index contributed by atoms with van der Waals surface area (Å²) in [4.78, 5) is 0. The Labute approximate surface area is 85.6 Å². The molecule has 0 radical (unpaired) electrons. The maximum Gasteiger partial charge on any atom is 0.416 e. The first-order chi connectivity index (χ1) is 6.99. The van der Waals surface area contributed by atoms with Crippen molar-refractivity contribution in [2.45, 2.75) is 12.2 Å². The zero-order valence-corrected chi connectivity index (χ0v) is 7.88. The van der Waals surface area contributed by atoms with Crippen molar-refractivity contribution in [2.75, 3.05) is 0 Å². The van der Waals surface area contributed by atoms with Gasteiger partial charge < -0.3 is 0 Å². The quantitative estimate of drug-likeness (QED) is 0.462. The van der Waals surface area contributed by atoms with Crippen molar-refractivity contribution < 1.29 is 13.2 Å². The fourth-order valence-corrected chi connectivity index (χ4v) is 1.21. The molecule has 1 aromatic carbocycles. The Morgan fingerprint density at radius 3 is 2.53 bits per heavy atom. The average Bonchev–Trinajstić information content (AvgIpc) is 2.19. The lowest BCUT2D eigenvalue weighted by Gasteiger charge is -2.13. The third-order valence-electron chi connectivity index (χ3n) is 1.99. The van der Waals surface area contributed by atoms with Crippen LogP contribution in [0, 0.1) is 0 Å². The van der Waals surface area contributed by atoms with Crippen molar-refractivity contribution >= 4 is 0 Å². The molecule has 5 heteroatoms. The SMILES string of the molecule is C=CC(NN)c1cccc(C(F)(F)F)c1. The molecule has 0 heterocycles. The summed E-state index contributed by atoms with van der Waals surface area (Å²) in [5.74, 6) is 5.17. The number of nitrogens with two attached hydrogens (primary N) is 1. The van der Waals surface area contributed by atoms with E-state index in [1.807, 2.05) is 0 Å². The van der Waals surface area contributed by atoms with E-state index in [4.69, 9.17) is 5.84 Å². The van der Waals surface area contributed by atoms with E-state index in [0.717, 1.165) is 12.1 Å². The summed E-state index contributed by atoms with van der Waals surface area (Å²) < 4.78 is 37.1. The minimum absolute atomic E-state index is 0.433. The van der Waals surface area contributed by atoms with E-state index in [1.54, 1.807) is 6.07 Å². The second kappa shape index (κ2) is 4.46. The summed E-state index contributed by atoms with van der Waals surface area (Å²) in [7, 11) is 0. The van der Waals surface area contributed by atoms with Crippen LogP contribution < -0.4 is 11.3 Å². The summed E-state index contributed by atoms with van der Waals surface area (Å²) in [6.07, 6.45) is -2.90. The zero-order valence-electron chi connectivity index (χ0n) is 7.88. The maximum absolute atomic E-state index is 12.4. The van der Waals surface area contributed by atoms with Gasteiger partial charge in [-0.05, 0) is 17.7 Å². The van der Waals surface area contributed by atoms with Crippen LogP contribution in [-0.4, -0.2) is 0 Å². The molecule has 1 atom stereocenters. The van der Waals surface area contributed by atoms with Gasteiger partial charge in [-0.2, -0.15) is 13.2 Å². The van der Waals surface area contributed by atoms with E-state index < -0.39 is 17.8 Å². The monoisotopic (exact) mass is 216 g/mol. The first kappa shape index (κ1) is 11.7. The molecule has 0 aliphatic carbocycles. The van der Waals surface area contributed by atoms with Gasteiger partial charge in [0.2, 0.25) is 0 Å². The number of hydrogen-bond acceptors (Lipinski definition) is 2. The largest absolute Gasteiger partial charge is 0.416 e. The Balaban J connectivity index is 3.07. The van der Waals surface area contributed by atoms with Crippen LogP contribution in [0.15, 0.2) is 36.9 Å². The highest BCUT2D eigenvalue weighted by atomic mass is 19.4. The Morgan fingerprint density at radius 2 is 2.07 bits per heavy atom. The Hall–Kier alpha value is -1.33. The molecule has 0 aliphatic heterocycles. The molecular weight excluding hydrogens is 205 g/mol. The van der Waals surface area contributed by atoms with Crippen LogP contribution in [0.2, 0.25) is 0 Å². The van der Waals surface area contributed by atoms with Gasteiger partial charge in [0.15, 0.2) is 0 Å². The summed E-state index contributed by atoms with van der Waals surface area (Å²) >= 11 is 0. The average molecular weight is 216 g/mol. The van der Waals surface area contributed by atoms with E-state index in [-0.39, 0.29) is 0 Å². The van der Waals surface area contributed by atoms with Gasteiger partial charge in [0.05, 0.1) is 11.6 Å². The van der Waals surface area contributed by atoms with E-state index in [2.05, 4.69) is 12.0 Å². The molecule has 0 fully saturated rings. The predicted octanol–water partition coefficient (Wildman–Crippen LogP) is 2.40. The molecule has 0 saturated carbocycles. The lowest BCUT2D eigenvalue weighted by Crippen LogP contribution is -2.26. The number of alkyl halides is 3. The van der Waals surface area contributed by atoms with Gasteiger partial charge in [-0.3, -0.25) is 5.84 Å². The van der Waals surface area contributed by atoms with Crippen LogP contribution in [0.1, 0.15) is 17.2 Å². The van der Waals surface area contributed by atoms with Crippen LogP contribution in [0.5, 0.6) is 0 Å². The molecule has 82 valence electrons. The number of rotatable bonds is 3. The molecule has 1 unspecified atom stereocenters. The van der Waals surface area contributed by atoms with Crippen molar-refractivity contribution in [1.29, 1.82) is 0 Å². The van der Waals surface area contributed by atoms with Gasteiger partial charge in [-0.15, -0.1) is 6.58 Å². The second-order valence-electron chi connectivity index (χ2n) is 3.00. The van der Waals surface area contributed by atoms with E-state index >= 15 is 0 Å². The van der Waals surface area contributed by atoms with Crippen LogP contribution in [0.25, 0.3) is 0 Å². The van der Waals surface area contributed by atoms with Crippen molar-refractivity contribution in [3.05, 3.63) is 48.0 Å². The third-order valence-corrected chi connectivity index (χ3v) is 1.99. The minimum Gasteiger partial charge on any atom is -0.271 e. The molecule has 0 aromatic heterocycles. The fraction of sp³-hybridized carbons (Fsp3) is 0.200. The summed E-state index contributed by atoms with van der Waals surface area (Å²) in [6, 6.07) is 4.48. The van der Waals surface area contributed by atoms with Crippen LogP contribution in [0.4, 0.5) is 13.2 Å². The van der Waals surface area contributed by atoms with Crippen LogP contribution in [-0.2, 0) is 6.18 Å². The predicted molar refractivity (Wildman–Crippen MR) is 51.7 cm³/mol. The fourth-order valence-electron chi connectivity index (χ4n) is 1.21. The van der Waals surface area contributed by atoms with Gasteiger partial charge in [0.25, 0.3) is 0 Å². The van der Waals surface area contributed by atoms with Gasteiger partial charge in [-0.1, -0.05) is 18.2 Å². The Morgan fingerprint density at radius 1 is 1.40 bits per heavy atom. The molecule has 3 N–H and O–H groups in total. The number of hydrogen-bond donors (Lipinski definition) is 2. The third kappa shape index (κ3) is 2.81. The number of benzene rings is 1. The van der Waals surface area contributed by atoms with Gasteiger partial charge in [0.1, 0.15) is 0 Å². The molecule has 0 saturated heterocycles. The minimum atomic E-state index is -4.34. The molecule has 0 amide bonds. The second-order valence-corrected chi connectivity index (χ2v) is 3.00. The molecule has 1 aromatic rings. The normalized spacial score (nSPS) is 13.6. The number of hydrazine groups is 1. The summed E-state index contributed by atoms with van der Waals surface area (Å²) in [6.45, 7) is 3.48. The van der Waals surface area contributed by atoms with E-state index in [9.17, 15) is 13.2 Å². The lowest BCUT2D eigenvalue weighted by molar-refractivity contribution is -0.137. The standard InChI is InChI=1S/C10H11F3N2/c1-2-9(15-14)7-4-3-5-8(6-7)10(11,12)13/h2-6,9,15H,1,14H2. The molecule has 0 spiro atoms. The first-order valence-corrected chi connectivity index (χ1v) is 4.25. The Kier molecular flexibility index (Phi) is 3.49. The molecule has 0 aliphatic rings. The lowest BCUT2D eigenvalue weighted by atomic mass is 10.0. The summed E-state index contributed by atoms with van der Waals surface area (Å²) in [5.41, 5.74) is 2.10. The highest BCUT2D eigenvalue weighted by Gasteiger charge is 2.30. The maximum atomic E-state index is 12.4. The van der Waals surface area contributed by atoms with Gasteiger partial charge in [-0.25, -0.2) is 5.43 Å². The van der Waals surface area contributed by atoms with Crippen molar-refractivity contribution in [3.8, 4) is 0 Å². The van der Waals surface area contributed by atoms with Gasteiger partial charge in [0, 0.05) is 0 Å². The zero-order chi connectivity index (χ0) is 11.5. The van der Waals surface area contributed by atoms with Gasteiger partial charge >= 0.3 is 6.18 Å². The molecular formula is C10H11F3N2. The highest BCUT2D eigenvalue weighted by Crippen LogP contribution is 2.30. The topological polar surface area (TPSA) is 38.0 Å². The van der Waals surface area contributed by atoms with Crippen molar-refractivity contribution in [2.24, 2.45) is 5.84 Å². The highest BCUT2D eigenvalue weighted by molar-refractivity contribution is 5.29. The first-order valence-electron chi connectivity index (χ1n) is 4.25. The summed E-state index contributed by atoms with van der Waals surface area (Å²) in [5, 5.41) is 0. The molecule has 2 nitrogen and oxygen atoms in total. The van der Waals surface area contributed by atoms with E-state index in [1.165, 1.54) is 12.1 Å².